The van der Waals surface area contributed by atoms with Crippen molar-refractivity contribution >= 4 is 34.1 Å². The highest BCUT2D eigenvalue weighted by atomic mass is 32.1. The molecule has 0 spiro atoms. The number of amides is 2. The molecule has 0 radical (unpaired) electrons. The number of rotatable bonds is 8. The number of carbonyl (C=O) groups is 3. The third kappa shape index (κ3) is 5.52. The number of esters is 1. The van der Waals surface area contributed by atoms with Gasteiger partial charge in [0.25, 0.3) is 0 Å². The van der Waals surface area contributed by atoms with Crippen LogP contribution in [0.4, 0.5) is 5.00 Å². The van der Waals surface area contributed by atoms with Crippen LogP contribution in [-0.4, -0.2) is 48.4 Å². The molecule has 7 nitrogen and oxygen atoms in total. The normalized spacial score (nSPS) is 16.3. The van der Waals surface area contributed by atoms with Crippen molar-refractivity contribution in [3.05, 3.63) is 16.0 Å². The minimum absolute atomic E-state index is 0.00821. The number of primary amides is 1. The first-order chi connectivity index (χ1) is 12.7. The average Bonchev–Trinajstić information content (AvgIpc) is 2.90. The van der Waals surface area contributed by atoms with E-state index in [4.69, 9.17) is 10.5 Å². The predicted molar refractivity (Wildman–Crippen MR) is 106 cm³/mol. The predicted octanol–water partition coefficient (Wildman–Crippen LogP) is 2.18. The lowest BCUT2D eigenvalue weighted by molar-refractivity contribution is -0.121. The summed E-state index contributed by atoms with van der Waals surface area (Å²) in [4.78, 5) is 39.1. The van der Waals surface area contributed by atoms with Crippen LogP contribution in [0.2, 0.25) is 0 Å². The molecule has 3 N–H and O–H groups in total. The fraction of sp³-hybridized carbons (Fsp3) is 0.632. The lowest BCUT2D eigenvalue weighted by Gasteiger charge is -2.24. The molecule has 0 aliphatic heterocycles. The molecule has 1 heterocycles. The standard InChI is InChI=1S/C19H29N3O4S/c1-5-26-19(25)17-13-7-6-12(4)8-14(13)27-18(17)21-16(24)10-22(11(2)3)9-15(20)23/h11-12H,5-10H2,1-4H3,(H2,20,23)(H,21,24)/t12-/m1/s1. The molecule has 1 aliphatic rings. The molecule has 0 unspecified atom stereocenters. The van der Waals surface area contributed by atoms with Crippen LogP contribution in [0.25, 0.3) is 0 Å². The first kappa shape index (κ1) is 21.4. The van der Waals surface area contributed by atoms with E-state index in [0.29, 0.717) is 16.5 Å². The van der Waals surface area contributed by atoms with Gasteiger partial charge in [-0.3, -0.25) is 14.5 Å². The topological polar surface area (TPSA) is 102 Å². The lowest BCUT2D eigenvalue weighted by Crippen LogP contribution is -2.43. The fourth-order valence-corrected chi connectivity index (χ4v) is 4.64. The number of ether oxygens (including phenoxy) is 1. The summed E-state index contributed by atoms with van der Waals surface area (Å²) < 4.78 is 5.22. The molecule has 0 aromatic carbocycles. The van der Waals surface area contributed by atoms with Gasteiger partial charge in [-0.05, 0) is 51.5 Å². The van der Waals surface area contributed by atoms with E-state index < -0.39 is 11.9 Å². The number of hydrogen-bond acceptors (Lipinski definition) is 6. The van der Waals surface area contributed by atoms with Gasteiger partial charge in [-0.25, -0.2) is 4.79 Å². The zero-order valence-corrected chi connectivity index (χ0v) is 17.3. The molecular formula is C19H29N3O4S. The van der Waals surface area contributed by atoms with Gasteiger partial charge < -0.3 is 15.8 Å². The minimum Gasteiger partial charge on any atom is -0.462 e. The molecule has 0 saturated heterocycles. The molecule has 8 heteroatoms. The van der Waals surface area contributed by atoms with Crippen LogP contribution in [0, 0.1) is 5.92 Å². The molecule has 1 atom stereocenters. The average molecular weight is 396 g/mol. The SMILES string of the molecule is CCOC(=O)c1c(NC(=O)CN(CC(N)=O)C(C)C)sc2c1CC[C@@H](C)C2. The quantitative estimate of drug-likeness (QED) is 0.657. The molecular weight excluding hydrogens is 366 g/mol. The third-order valence-electron chi connectivity index (χ3n) is 4.68. The van der Waals surface area contributed by atoms with Crippen molar-refractivity contribution in [3.8, 4) is 0 Å². The van der Waals surface area contributed by atoms with Gasteiger partial charge in [0.05, 0.1) is 25.3 Å². The Kier molecular flexibility index (Phi) is 7.38. The molecule has 150 valence electrons. The maximum Gasteiger partial charge on any atom is 0.341 e. The molecule has 0 saturated carbocycles. The van der Waals surface area contributed by atoms with Crippen LogP contribution >= 0.6 is 11.3 Å². The van der Waals surface area contributed by atoms with Gasteiger partial charge in [-0.1, -0.05) is 6.92 Å². The van der Waals surface area contributed by atoms with Crippen LogP contribution in [-0.2, 0) is 27.2 Å². The Balaban J connectivity index is 2.22. The Labute approximate surface area is 164 Å². The van der Waals surface area contributed by atoms with Crippen LogP contribution in [0.1, 0.15) is 54.9 Å². The summed E-state index contributed by atoms with van der Waals surface area (Å²) in [6.45, 7) is 8.07. The monoisotopic (exact) mass is 395 g/mol. The Hall–Kier alpha value is -1.93. The summed E-state index contributed by atoms with van der Waals surface area (Å²) >= 11 is 1.45. The molecule has 0 bridgehead atoms. The van der Waals surface area contributed by atoms with Crippen molar-refractivity contribution in [2.24, 2.45) is 11.7 Å². The third-order valence-corrected chi connectivity index (χ3v) is 5.85. The van der Waals surface area contributed by atoms with Gasteiger partial charge in [0.1, 0.15) is 5.00 Å². The van der Waals surface area contributed by atoms with Gasteiger partial charge in [0.2, 0.25) is 11.8 Å². The number of carbonyl (C=O) groups excluding carboxylic acids is 3. The molecule has 1 aromatic rings. The lowest BCUT2D eigenvalue weighted by atomic mass is 9.88. The van der Waals surface area contributed by atoms with Crippen molar-refractivity contribution < 1.29 is 19.1 Å². The minimum atomic E-state index is -0.482. The maximum absolute atomic E-state index is 12.6. The maximum atomic E-state index is 12.6. The highest BCUT2D eigenvalue weighted by Gasteiger charge is 2.29. The smallest absolute Gasteiger partial charge is 0.341 e. The summed E-state index contributed by atoms with van der Waals surface area (Å²) in [5.41, 5.74) is 6.76. The van der Waals surface area contributed by atoms with Crippen molar-refractivity contribution in [1.29, 1.82) is 0 Å². The van der Waals surface area contributed by atoms with E-state index in [9.17, 15) is 14.4 Å². The van der Waals surface area contributed by atoms with Gasteiger partial charge in [-0.15, -0.1) is 11.3 Å². The van der Waals surface area contributed by atoms with Crippen molar-refractivity contribution in [1.82, 2.24) is 4.90 Å². The van der Waals surface area contributed by atoms with Gasteiger partial charge in [0.15, 0.2) is 0 Å². The second kappa shape index (κ2) is 9.32. The van der Waals surface area contributed by atoms with E-state index in [0.717, 1.165) is 29.7 Å². The van der Waals surface area contributed by atoms with E-state index in [1.165, 1.54) is 11.3 Å². The number of nitrogens with one attached hydrogen (secondary N) is 1. The van der Waals surface area contributed by atoms with Crippen LogP contribution in [0.15, 0.2) is 0 Å². The second-order valence-electron chi connectivity index (χ2n) is 7.29. The summed E-state index contributed by atoms with van der Waals surface area (Å²) in [6, 6.07) is -0.00910. The van der Waals surface area contributed by atoms with Gasteiger partial charge in [-0.2, -0.15) is 0 Å². The zero-order chi connectivity index (χ0) is 20.1. The van der Waals surface area contributed by atoms with E-state index in [2.05, 4.69) is 12.2 Å². The van der Waals surface area contributed by atoms with Crippen LogP contribution in [0.5, 0.6) is 0 Å². The first-order valence-electron chi connectivity index (χ1n) is 9.36. The number of nitrogens with zero attached hydrogens (tertiary/aromatic N) is 1. The number of anilines is 1. The highest BCUT2D eigenvalue weighted by Crippen LogP contribution is 2.40. The molecule has 2 amide bonds. The Morgan fingerprint density at radius 3 is 2.63 bits per heavy atom. The molecule has 2 rings (SSSR count). The molecule has 1 aromatic heterocycles. The Bertz CT molecular complexity index is 714. The number of nitrogens with two attached hydrogens (primary N) is 1. The number of fused-ring (bicyclic) bond motifs is 1. The number of thiophene rings is 1. The molecule has 0 fully saturated rings. The fourth-order valence-electron chi connectivity index (χ4n) is 3.23. The first-order valence-corrected chi connectivity index (χ1v) is 10.2. The summed E-state index contributed by atoms with van der Waals surface area (Å²) in [5.74, 6) is -0.592. The van der Waals surface area contributed by atoms with Crippen molar-refractivity contribution in [2.75, 3.05) is 25.0 Å². The van der Waals surface area contributed by atoms with Gasteiger partial charge >= 0.3 is 5.97 Å². The molecule has 1 aliphatic carbocycles. The van der Waals surface area contributed by atoms with E-state index in [1.807, 2.05) is 13.8 Å². The van der Waals surface area contributed by atoms with E-state index >= 15 is 0 Å². The molecule has 27 heavy (non-hydrogen) atoms. The zero-order valence-electron chi connectivity index (χ0n) is 16.5. The van der Waals surface area contributed by atoms with Crippen molar-refractivity contribution in [2.45, 2.75) is 53.0 Å². The van der Waals surface area contributed by atoms with Crippen LogP contribution in [0.3, 0.4) is 0 Å². The second-order valence-corrected chi connectivity index (χ2v) is 8.39. The highest BCUT2D eigenvalue weighted by molar-refractivity contribution is 7.17. The van der Waals surface area contributed by atoms with Crippen molar-refractivity contribution in [3.63, 3.8) is 0 Å². The largest absolute Gasteiger partial charge is 0.462 e. The van der Waals surface area contributed by atoms with Crippen LogP contribution < -0.4 is 11.1 Å². The van der Waals surface area contributed by atoms with E-state index in [1.54, 1.807) is 11.8 Å². The number of hydrogen-bond donors (Lipinski definition) is 2. The van der Waals surface area contributed by atoms with E-state index in [-0.39, 0.29) is 31.6 Å². The summed E-state index contributed by atoms with van der Waals surface area (Å²) in [6.07, 6.45) is 2.74. The van der Waals surface area contributed by atoms with Gasteiger partial charge in [0, 0.05) is 10.9 Å². The Morgan fingerprint density at radius 1 is 1.33 bits per heavy atom. The summed E-state index contributed by atoms with van der Waals surface area (Å²) in [5, 5.41) is 3.41. The Morgan fingerprint density at radius 2 is 2.04 bits per heavy atom. The summed E-state index contributed by atoms with van der Waals surface area (Å²) in [7, 11) is 0.